The molecule has 0 aliphatic rings. The number of hydrogen-bond acceptors (Lipinski definition) is 5. The Morgan fingerprint density at radius 1 is 1.25 bits per heavy atom. The fourth-order valence-corrected chi connectivity index (χ4v) is 1.82. The van der Waals surface area contributed by atoms with Crippen molar-refractivity contribution < 1.29 is 13.3 Å². The molecule has 1 aromatic carbocycles. The van der Waals surface area contributed by atoms with Crippen molar-refractivity contribution in [3.63, 3.8) is 0 Å². The van der Waals surface area contributed by atoms with Crippen molar-refractivity contribution in [2.75, 3.05) is 25.3 Å². The molecule has 1 aromatic rings. The number of anilines is 1. The average molecular weight is 244 g/mol. The number of hydrogen-bond donors (Lipinski definition) is 0. The van der Waals surface area contributed by atoms with Crippen LogP contribution in [0.4, 0.5) is 11.4 Å². The van der Waals surface area contributed by atoms with E-state index in [9.17, 15) is 18.5 Å². The number of rotatable bonds is 3. The van der Waals surface area contributed by atoms with Gasteiger partial charge >= 0.3 is 0 Å². The predicted molar refractivity (Wildman–Crippen MR) is 60.5 cm³/mol. The largest absolute Gasteiger partial charge is 0.377 e. The summed E-state index contributed by atoms with van der Waals surface area (Å²) in [6, 6.07) is 3.79. The fraction of sp³-hybridized carbons (Fsp3) is 0.333. The van der Waals surface area contributed by atoms with Gasteiger partial charge in [0.05, 0.1) is 9.82 Å². The van der Waals surface area contributed by atoms with Crippen LogP contribution in [0.3, 0.4) is 0 Å². The molecule has 0 amide bonds. The first-order valence-electron chi connectivity index (χ1n) is 4.38. The first kappa shape index (κ1) is 12.4. The van der Waals surface area contributed by atoms with Gasteiger partial charge in [0.2, 0.25) is 0 Å². The lowest BCUT2D eigenvalue weighted by Crippen LogP contribution is -2.10. The lowest BCUT2D eigenvalue weighted by Gasteiger charge is -2.13. The van der Waals surface area contributed by atoms with E-state index in [4.69, 9.17) is 0 Å². The van der Waals surface area contributed by atoms with Gasteiger partial charge in [-0.2, -0.15) is 0 Å². The van der Waals surface area contributed by atoms with Crippen LogP contribution < -0.4 is 4.90 Å². The van der Waals surface area contributed by atoms with E-state index in [0.717, 1.165) is 12.3 Å². The first-order chi connectivity index (χ1) is 7.21. The second-order valence-electron chi connectivity index (χ2n) is 3.61. The van der Waals surface area contributed by atoms with E-state index in [1.54, 1.807) is 19.0 Å². The minimum Gasteiger partial charge on any atom is -0.377 e. The summed E-state index contributed by atoms with van der Waals surface area (Å²) in [6.07, 6.45) is 1.02. The molecule has 0 atom stereocenters. The van der Waals surface area contributed by atoms with Crippen LogP contribution in [0.15, 0.2) is 23.1 Å². The molecule has 88 valence electrons. The Kier molecular flexibility index (Phi) is 3.18. The molecule has 0 aliphatic carbocycles. The maximum Gasteiger partial charge on any atom is 0.272 e. The third kappa shape index (κ3) is 2.69. The molecule has 1 rings (SSSR count). The SMILES string of the molecule is CN(C)c1cc([N+](=O)[O-])cc(S(C)(=O)=O)c1. The molecule has 0 fully saturated rings. The monoisotopic (exact) mass is 244 g/mol. The molecule has 0 aliphatic heterocycles. The van der Waals surface area contributed by atoms with Crippen LogP contribution in [-0.2, 0) is 9.84 Å². The summed E-state index contributed by atoms with van der Waals surface area (Å²) < 4.78 is 22.7. The van der Waals surface area contributed by atoms with Gasteiger partial charge in [-0.3, -0.25) is 10.1 Å². The lowest BCUT2D eigenvalue weighted by atomic mass is 10.2. The molecule has 16 heavy (non-hydrogen) atoms. The van der Waals surface area contributed by atoms with Crippen LogP contribution in [0.5, 0.6) is 0 Å². The van der Waals surface area contributed by atoms with Crippen molar-refractivity contribution in [1.29, 1.82) is 0 Å². The zero-order valence-corrected chi connectivity index (χ0v) is 9.98. The van der Waals surface area contributed by atoms with Gasteiger partial charge < -0.3 is 4.90 Å². The van der Waals surface area contributed by atoms with Crippen molar-refractivity contribution in [3.8, 4) is 0 Å². The summed E-state index contributed by atoms with van der Waals surface area (Å²) in [7, 11) is -0.0747. The topological polar surface area (TPSA) is 80.5 Å². The average Bonchev–Trinajstić information content (AvgIpc) is 2.15. The number of benzene rings is 1. The molecule has 0 saturated carbocycles. The second kappa shape index (κ2) is 4.09. The Balaban J connectivity index is 3.48. The Hall–Kier alpha value is -1.63. The molecule has 7 heteroatoms. The molecule has 0 spiro atoms. The van der Waals surface area contributed by atoms with Crippen LogP contribution >= 0.6 is 0 Å². The molecular weight excluding hydrogens is 232 g/mol. The minimum atomic E-state index is -3.45. The molecular formula is C9H12N2O4S. The van der Waals surface area contributed by atoms with Crippen LogP contribution in [0.25, 0.3) is 0 Å². The summed E-state index contributed by atoms with van der Waals surface area (Å²) >= 11 is 0. The van der Waals surface area contributed by atoms with Gasteiger partial charge in [-0.25, -0.2) is 8.42 Å². The number of nitrogens with zero attached hydrogens (tertiary/aromatic N) is 2. The normalized spacial score (nSPS) is 11.2. The maximum absolute atomic E-state index is 11.3. The van der Waals surface area contributed by atoms with Crippen molar-refractivity contribution in [1.82, 2.24) is 0 Å². The lowest BCUT2D eigenvalue weighted by molar-refractivity contribution is -0.385. The fourth-order valence-electron chi connectivity index (χ4n) is 1.15. The van der Waals surface area contributed by atoms with Crippen molar-refractivity contribution >= 4 is 21.2 Å². The molecule has 0 aromatic heterocycles. The van der Waals surface area contributed by atoms with Gasteiger partial charge in [-0.1, -0.05) is 0 Å². The molecule has 0 bridgehead atoms. The van der Waals surface area contributed by atoms with Crippen molar-refractivity contribution in [3.05, 3.63) is 28.3 Å². The molecule has 0 radical (unpaired) electrons. The van der Waals surface area contributed by atoms with Gasteiger partial charge in [0, 0.05) is 38.2 Å². The van der Waals surface area contributed by atoms with E-state index in [1.165, 1.54) is 12.1 Å². The molecule has 0 heterocycles. The van der Waals surface area contributed by atoms with Crippen LogP contribution in [0.1, 0.15) is 0 Å². The minimum absolute atomic E-state index is 0.0506. The number of nitro groups is 1. The van der Waals surface area contributed by atoms with E-state index in [2.05, 4.69) is 0 Å². The highest BCUT2D eigenvalue weighted by Gasteiger charge is 2.16. The Labute approximate surface area is 93.6 Å². The number of nitro benzene ring substituents is 1. The van der Waals surface area contributed by atoms with Crippen LogP contribution in [-0.4, -0.2) is 33.7 Å². The summed E-state index contributed by atoms with van der Waals surface area (Å²) in [5, 5.41) is 10.6. The highest BCUT2D eigenvalue weighted by molar-refractivity contribution is 7.90. The van der Waals surface area contributed by atoms with Gasteiger partial charge in [0.15, 0.2) is 9.84 Å². The van der Waals surface area contributed by atoms with Gasteiger partial charge in [-0.15, -0.1) is 0 Å². The van der Waals surface area contributed by atoms with Crippen LogP contribution in [0, 0.1) is 10.1 Å². The highest BCUT2D eigenvalue weighted by Crippen LogP contribution is 2.25. The van der Waals surface area contributed by atoms with Gasteiger partial charge in [0.25, 0.3) is 5.69 Å². The standard InChI is InChI=1S/C9H12N2O4S/c1-10(2)7-4-8(11(12)13)6-9(5-7)16(3,14)15/h4-6H,1-3H3. The smallest absolute Gasteiger partial charge is 0.272 e. The molecule has 6 nitrogen and oxygen atoms in total. The quantitative estimate of drug-likeness (QED) is 0.586. The highest BCUT2D eigenvalue weighted by atomic mass is 32.2. The van der Waals surface area contributed by atoms with E-state index < -0.39 is 14.8 Å². The predicted octanol–water partition coefficient (Wildman–Crippen LogP) is 1.06. The zero-order valence-electron chi connectivity index (χ0n) is 9.17. The molecule has 0 saturated heterocycles. The number of sulfone groups is 1. The van der Waals surface area contributed by atoms with Gasteiger partial charge in [-0.05, 0) is 6.07 Å². The van der Waals surface area contributed by atoms with E-state index in [-0.39, 0.29) is 10.6 Å². The third-order valence-corrected chi connectivity index (χ3v) is 3.12. The number of non-ortho nitro benzene ring substituents is 1. The Morgan fingerprint density at radius 3 is 2.19 bits per heavy atom. The summed E-state index contributed by atoms with van der Waals surface area (Å²) in [5.74, 6) is 0. The van der Waals surface area contributed by atoms with Gasteiger partial charge in [0.1, 0.15) is 0 Å². The van der Waals surface area contributed by atoms with E-state index in [1.807, 2.05) is 0 Å². The second-order valence-corrected chi connectivity index (χ2v) is 5.62. The summed E-state index contributed by atoms with van der Waals surface area (Å²) in [5.41, 5.74) is 0.251. The maximum atomic E-state index is 11.3. The van der Waals surface area contributed by atoms with E-state index >= 15 is 0 Å². The zero-order chi connectivity index (χ0) is 12.5. The van der Waals surface area contributed by atoms with E-state index in [0.29, 0.717) is 5.69 Å². The first-order valence-corrected chi connectivity index (χ1v) is 6.28. The third-order valence-electron chi connectivity index (χ3n) is 2.03. The molecule has 0 unspecified atom stereocenters. The summed E-state index contributed by atoms with van der Waals surface area (Å²) in [4.78, 5) is 11.6. The molecule has 0 N–H and O–H groups in total. The van der Waals surface area contributed by atoms with Crippen LogP contribution in [0.2, 0.25) is 0 Å². The Bertz CT molecular complexity index is 522. The summed E-state index contributed by atoms with van der Waals surface area (Å²) in [6.45, 7) is 0. The van der Waals surface area contributed by atoms with Crippen molar-refractivity contribution in [2.45, 2.75) is 4.90 Å². The Morgan fingerprint density at radius 2 is 1.81 bits per heavy atom. The van der Waals surface area contributed by atoms with Crippen molar-refractivity contribution in [2.24, 2.45) is 0 Å².